The summed E-state index contributed by atoms with van der Waals surface area (Å²) in [5.74, 6) is 0.900. The van der Waals surface area contributed by atoms with E-state index in [0.717, 1.165) is 5.56 Å². The lowest BCUT2D eigenvalue weighted by Crippen LogP contribution is -2.22. The van der Waals surface area contributed by atoms with E-state index < -0.39 is 10.2 Å². The molecule has 0 aliphatic carbocycles. The molecule has 0 fully saturated rings. The number of nitriles is 1. The van der Waals surface area contributed by atoms with Gasteiger partial charge >= 0.3 is 0 Å². The number of ether oxygens (including phenoxy) is 2. The van der Waals surface area contributed by atoms with Crippen LogP contribution < -0.4 is 19.3 Å². The molecule has 0 spiro atoms. The molecule has 0 saturated carbocycles. The first-order valence-corrected chi connectivity index (χ1v) is 8.07. The zero-order chi connectivity index (χ0) is 16.9. The summed E-state index contributed by atoms with van der Waals surface area (Å²) in [7, 11) is -2.43. The second-order valence-electron chi connectivity index (χ2n) is 4.54. The fourth-order valence-electron chi connectivity index (χ4n) is 1.98. The van der Waals surface area contributed by atoms with Crippen LogP contribution >= 0.6 is 0 Å². The van der Waals surface area contributed by atoms with Gasteiger partial charge in [-0.2, -0.15) is 13.7 Å². The zero-order valence-corrected chi connectivity index (χ0v) is 13.1. The van der Waals surface area contributed by atoms with Crippen LogP contribution in [0.4, 0.5) is 5.69 Å². The van der Waals surface area contributed by atoms with Gasteiger partial charge in [0.05, 0.1) is 12.8 Å². The van der Waals surface area contributed by atoms with Gasteiger partial charge in [-0.1, -0.05) is 24.3 Å². The monoisotopic (exact) mass is 333 g/mol. The van der Waals surface area contributed by atoms with Crippen molar-refractivity contribution in [1.82, 2.24) is 0 Å². The number of nitrogens with zero attached hydrogens (tertiary/aromatic N) is 1. The Kier molecular flexibility index (Phi) is 5.05. The molecule has 120 valence electrons. The Labute approximate surface area is 134 Å². The molecule has 0 aliphatic heterocycles. The Morgan fingerprint density at radius 3 is 2.52 bits per heavy atom. The van der Waals surface area contributed by atoms with Crippen LogP contribution in [0.5, 0.6) is 11.5 Å². The number of rotatable bonds is 6. The minimum atomic E-state index is -3.98. The number of hydrogen-bond acceptors (Lipinski definition) is 5. The summed E-state index contributed by atoms with van der Waals surface area (Å²) >= 11 is 0. The minimum Gasteiger partial charge on any atom is -0.496 e. The van der Waals surface area contributed by atoms with Crippen LogP contribution in [0.3, 0.4) is 0 Å². The Balaban J connectivity index is 2.27. The third-order valence-corrected chi connectivity index (χ3v) is 3.47. The molecule has 0 radical (unpaired) electrons. The van der Waals surface area contributed by atoms with Crippen molar-refractivity contribution >= 4 is 15.9 Å². The van der Waals surface area contributed by atoms with Crippen LogP contribution in [-0.2, 0) is 16.8 Å². The topological polar surface area (TPSA) is 114 Å². The van der Waals surface area contributed by atoms with Gasteiger partial charge in [-0.15, -0.1) is 0 Å². The van der Waals surface area contributed by atoms with Crippen molar-refractivity contribution in [3.63, 3.8) is 0 Å². The van der Waals surface area contributed by atoms with Gasteiger partial charge in [0, 0.05) is 5.56 Å². The van der Waals surface area contributed by atoms with Crippen LogP contribution in [0.2, 0.25) is 0 Å². The fraction of sp³-hybridized carbons (Fsp3) is 0.133. The molecule has 2 aromatic carbocycles. The first-order chi connectivity index (χ1) is 10.9. The number of para-hydroxylation sites is 1. The quantitative estimate of drug-likeness (QED) is 0.836. The molecule has 0 saturated heterocycles. The number of benzene rings is 2. The molecule has 0 unspecified atom stereocenters. The third kappa shape index (κ3) is 4.35. The molecule has 3 N–H and O–H groups in total. The highest BCUT2D eigenvalue weighted by Crippen LogP contribution is 2.28. The van der Waals surface area contributed by atoms with E-state index in [-0.39, 0.29) is 23.6 Å². The van der Waals surface area contributed by atoms with Crippen LogP contribution in [0.1, 0.15) is 11.1 Å². The molecule has 8 heteroatoms. The molecule has 2 rings (SSSR count). The predicted molar refractivity (Wildman–Crippen MR) is 85.2 cm³/mol. The summed E-state index contributed by atoms with van der Waals surface area (Å²) in [5.41, 5.74) is 0.910. The van der Waals surface area contributed by atoms with Crippen molar-refractivity contribution in [2.75, 3.05) is 11.8 Å². The van der Waals surface area contributed by atoms with Crippen molar-refractivity contribution < 1.29 is 17.9 Å². The van der Waals surface area contributed by atoms with Gasteiger partial charge in [0.25, 0.3) is 10.2 Å². The van der Waals surface area contributed by atoms with Crippen LogP contribution in [-0.4, -0.2) is 15.5 Å². The highest BCUT2D eigenvalue weighted by atomic mass is 32.2. The molecular formula is C15H15N3O4S. The van der Waals surface area contributed by atoms with Gasteiger partial charge in [-0.05, 0) is 18.2 Å². The summed E-state index contributed by atoms with van der Waals surface area (Å²) in [6.07, 6.45) is 0. The lowest BCUT2D eigenvalue weighted by atomic mass is 10.1. The normalized spacial score (nSPS) is 10.7. The number of hydrogen-bond donors (Lipinski definition) is 2. The molecule has 2 aromatic rings. The number of anilines is 1. The van der Waals surface area contributed by atoms with Gasteiger partial charge < -0.3 is 9.47 Å². The highest BCUT2D eigenvalue weighted by molar-refractivity contribution is 7.90. The highest BCUT2D eigenvalue weighted by Gasteiger charge is 2.13. The number of methoxy groups -OCH3 is 1. The lowest BCUT2D eigenvalue weighted by molar-refractivity contribution is 0.296. The molecule has 7 nitrogen and oxygen atoms in total. The molecule has 0 atom stereocenters. The molecule has 0 heterocycles. The predicted octanol–water partition coefficient (Wildman–Crippen LogP) is 1.76. The van der Waals surface area contributed by atoms with Gasteiger partial charge in [0.2, 0.25) is 0 Å². The molecular weight excluding hydrogens is 318 g/mol. The van der Waals surface area contributed by atoms with Crippen molar-refractivity contribution in [2.45, 2.75) is 6.61 Å². The number of nitrogens with one attached hydrogen (secondary N) is 1. The maximum atomic E-state index is 11.1. The first-order valence-electron chi connectivity index (χ1n) is 6.53. The van der Waals surface area contributed by atoms with E-state index in [1.54, 1.807) is 25.3 Å². The smallest absolute Gasteiger partial charge is 0.296 e. The SMILES string of the molecule is COc1ccccc1COc1cccc(NS(N)(=O)=O)c1C#N. The van der Waals surface area contributed by atoms with E-state index in [9.17, 15) is 13.7 Å². The maximum absolute atomic E-state index is 11.1. The van der Waals surface area contributed by atoms with Crippen LogP contribution in [0, 0.1) is 11.3 Å². The van der Waals surface area contributed by atoms with Crippen molar-refractivity contribution in [3.8, 4) is 17.6 Å². The van der Waals surface area contributed by atoms with Crippen LogP contribution in [0.25, 0.3) is 0 Å². The van der Waals surface area contributed by atoms with E-state index in [1.807, 2.05) is 24.3 Å². The van der Waals surface area contributed by atoms with Crippen molar-refractivity contribution in [2.24, 2.45) is 5.14 Å². The first kappa shape index (κ1) is 16.6. The fourth-order valence-corrected chi connectivity index (χ4v) is 2.46. The molecule has 0 aliphatic rings. The summed E-state index contributed by atoms with van der Waals surface area (Å²) in [4.78, 5) is 0. The van der Waals surface area contributed by atoms with Crippen molar-refractivity contribution in [1.29, 1.82) is 5.26 Å². The van der Waals surface area contributed by atoms with Gasteiger partial charge in [-0.25, -0.2) is 5.14 Å². The molecule has 23 heavy (non-hydrogen) atoms. The van der Waals surface area contributed by atoms with E-state index in [4.69, 9.17) is 14.6 Å². The van der Waals surface area contributed by atoms with Gasteiger partial charge in [0.15, 0.2) is 0 Å². The standard InChI is InChI=1S/C15H15N3O4S/c1-21-14-7-3-2-5-11(14)10-22-15-8-4-6-13(12(15)9-16)18-23(17,19)20/h2-8,18H,10H2,1H3,(H2,17,19,20). The molecule has 0 amide bonds. The second kappa shape index (κ2) is 7.00. The maximum Gasteiger partial charge on any atom is 0.296 e. The average Bonchev–Trinajstić information content (AvgIpc) is 2.51. The summed E-state index contributed by atoms with van der Waals surface area (Å²) < 4.78 is 35.2. The Hall–Kier alpha value is -2.76. The summed E-state index contributed by atoms with van der Waals surface area (Å²) in [6, 6.07) is 13.8. The Morgan fingerprint density at radius 2 is 1.87 bits per heavy atom. The zero-order valence-electron chi connectivity index (χ0n) is 12.3. The summed E-state index contributed by atoms with van der Waals surface area (Å²) in [6.45, 7) is 0.164. The van der Waals surface area contributed by atoms with E-state index in [2.05, 4.69) is 4.72 Å². The van der Waals surface area contributed by atoms with Crippen molar-refractivity contribution in [3.05, 3.63) is 53.6 Å². The molecule has 0 aromatic heterocycles. The average molecular weight is 333 g/mol. The van der Waals surface area contributed by atoms with Crippen LogP contribution in [0.15, 0.2) is 42.5 Å². The largest absolute Gasteiger partial charge is 0.496 e. The Bertz CT molecular complexity index is 844. The third-order valence-electron chi connectivity index (χ3n) is 2.97. The van der Waals surface area contributed by atoms with E-state index >= 15 is 0 Å². The lowest BCUT2D eigenvalue weighted by Gasteiger charge is -2.13. The Morgan fingerprint density at radius 1 is 1.17 bits per heavy atom. The van der Waals surface area contributed by atoms with E-state index in [1.165, 1.54) is 6.07 Å². The van der Waals surface area contributed by atoms with E-state index in [0.29, 0.717) is 5.75 Å². The minimum absolute atomic E-state index is 0.0522. The van der Waals surface area contributed by atoms with Gasteiger partial charge in [0.1, 0.15) is 29.7 Å². The molecule has 0 bridgehead atoms. The summed E-state index contributed by atoms with van der Waals surface area (Å²) in [5, 5.41) is 14.2. The second-order valence-corrected chi connectivity index (χ2v) is 5.83. The van der Waals surface area contributed by atoms with Gasteiger partial charge in [-0.3, -0.25) is 4.72 Å². The number of nitrogens with two attached hydrogens (primary N) is 1.